The summed E-state index contributed by atoms with van der Waals surface area (Å²) in [5, 5.41) is 3.87. The molecule has 0 spiro atoms. The van der Waals surface area contributed by atoms with Gasteiger partial charge in [0, 0.05) is 12.7 Å². The molecule has 0 aromatic carbocycles. The lowest BCUT2D eigenvalue weighted by Crippen LogP contribution is -2.34. The molecule has 74 valence electrons. The highest BCUT2D eigenvalue weighted by Gasteiger charge is 2.23. The molecule has 1 rings (SSSR count). The molecule has 0 aliphatic heterocycles. The second-order valence-electron chi connectivity index (χ2n) is 2.55. The van der Waals surface area contributed by atoms with Crippen molar-refractivity contribution in [3.05, 3.63) is 18.0 Å². The molecule has 1 aromatic heterocycles. The zero-order valence-electron chi connectivity index (χ0n) is 7.24. The van der Waals surface area contributed by atoms with Gasteiger partial charge in [-0.1, -0.05) is 0 Å². The Morgan fingerprint density at radius 1 is 1.69 bits per heavy atom. The van der Waals surface area contributed by atoms with Crippen molar-refractivity contribution in [2.75, 3.05) is 0 Å². The standard InChI is InChI=1S/C7H12F2N4/c1-2-13-5(3-4-11-13)6(12-10)7(8)9/h3-4,6-7,12H,2,10H2,1H3. The van der Waals surface area contributed by atoms with Gasteiger partial charge < -0.3 is 0 Å². The van der Waals surface area contributed by atoms with Gasteiger partial charge in [-0.3, -0.25) is 10.5 Å². The maximum Gasteiger partial charge on any atom is 0.260 e. The molecule has 1 aromatic rings. The number of alkyl halides is 2. The van der Waals surface area contributed by atoms with Crippen LogP contribution in [0.1, 0.15) is 18.7 Å². The van der Waals surface area contributed by atoms with E-state index in [1.807, 2.05) is 6.92 Å². The van der Waals surface area contributed by atoms with Crippen molar-refractivity contribution in [3.63, 3.8) is 0 Å². The van der Waals surface area contributed by atoms with E-state index in [9.17, 15) is 8.78 Å². The van der Waals surface area contributed by atoms with Gasteiger partial charge in [0.15, 0.2) is 0 Å². The van der Waals surface area contributed by atoms with Gasteiger partial charge >= 0.3 is 0 Å². The summed E-state index contributed by atoms with van der Waals surface area (Å²) in [6.07, 6.45) is -1.06. The molecule has 6 heteroatoms. The molecule has 4 nitrogen and oxygen atoms in total. The minimum Gasteiger partial charge on any atom is -0.271 e. The average Bonchev–Trinajstić information content (AvgIpc) is 2.53. The van der Waals surface area contributed by atoms with Crippen LogP contribution in [0.15, 0.2) is 12.3 Å². The van der Waals surface area contributed by atoms with Crippen LogP contribution in [0.2, 0.25) is 0 Å². The van der Waals surface area contributed by atoms with Gasteiger partial charge in [-0.05, 0) is 13.0 Å². The number of hydrogen-bond acceptors (Lipinski definition) is 3. The zero-order valence-corrected chi connectivity index (χ0v) is 7.24. The summed E-state index contributed by atoms with van der Waals surface area (Å²) >= 11 is 0. The van der Waals surface area contributed by atoms with Gasteiger partial charge in [-0.2, -0.15) is 5.10 Å². The topological polar surface area (TPSA) is 55.9 Å². The Labute approximate surface area is 74.7 Å². The first-order valence-electron chi connectivity index (χ1n) is 3.96. The van der Waals surface area contributed by atoms with Crippen molar-refractivity contribution >= 4 is 0 Å². The van der Waals surface area contributed by atoms with Crippen LogP contribution in [0.25, 0.3) is 0 Å². The second-order valence-corrected chi connectivity index (χ2v) is 2.55. The molecule has 0 fully saturated rings. The van der Waals surface area contributed by atoms with Crippen LogP contribution in [0.4, 0.5) is 8.78 Å². The van der Waals surface area contributed by atoms with E-state index in [-0.39, 0.29) is 0 Å². The Bertz CT molecular complexity index is 261. The number of aryl methyl sites for hydroxylation is 1. The van der Waals surface area contributed by atoms with Crippen LogP contribution in [0.5, 0.6) is 0 Å². The van der Waals surface area contributed by atoms with Crippen LogP contribution < -0.4 is 11.3 Å². The van der Waals surface area contributed by atoms with Gasteiger partial charge in [0.05, 0.1) is 5.69 Å². The van der Waals surface area contributed by atoms with Crippen molar-refractivity contribution in [2.45, 2.75) is 25.9 Å². The Morgan fingerprint density at radius 3 is 2.85 bits per heavy atom. The number of hydrazine groups is 1. The van der Waals surface area contributed by atoms with Gasteiger partial charge in [0.2, 0.25) is 0 Å². The average molecular weight is 190 g/mol. The quantitative estimate of drug-likeness (QED) is 0.542. The van der Waals surface area contributed by atoms with Crippen LogP contribution in [0, 0.1) is 0 Å². The molecule has 3 N–H and O–H groups in total. The predicted octanol–water partition coefficient (Wildman–Crippen LogP) is 0.672. The molecular formula is C7H12F2N4. The fourth-order valence-electron chi connectivity index (χ4n) is 1.16. The molecule has 13 heavy (non-hydrogen) atoms. The Balaban J connectivity index is 2.90. The molecule has 0 saturated carbocycles. The highest BCUT2D eigenvalue weighted by atomic mass is 19.3. The van der Waals surface area contributed by atoms with Gasteiger partial charge in [-0.25, -0.2) is 14.2 Å². The van der Waals surface area contributed by atoms with E-state index >= 15 is 0 Å². The van der Waals surface area contributed by atoms with Crippen molar-refractivity contribution in [1.29, 1.82) is 0 Å². The number of hydrogen-bond donors (Lipinski definition) is 2. The van der Waals surface area contributed by atoms with E-state index in [2.05, 4.69) is 10.5 Å². The second kappa shape index (κ2) is 4.29. The van der Waals surface area contributed by atoms with Crippen LogP contribution in [-0.4, -0.2) is 16.2 Å². The highest BCUT2D eigenvalue weighted by molar-refractivity contribution is 5.07. The number of nitrogens with zero attached hydrogens (tertiary/aromatic N) is 2. The lowest BCUT2D eigenvalue weighted by atomic mass is 10.2. The Kier molecular flexibility index (Phi) is 3.32. The SMILES string of the molecule is CCn1nccc1C(NN)C(F)F. The van der Waals surface area contributed by atoms with Crippen molar-refractivity contribution < 1.29 is 8.78 Å². The van der Waals surface area contributed by atoms with E-state index in [1.165, 1.54) is 16.9 Å². The molecule has 0 aliphatic rings. The molecule has 0 bridgehead atoms. The Morgan fingerprint density at radius 2 is 2.38 bits per heavy atom. The molecule has 0 saturated heterocycles. The molecule has 0 radical (unpaired) electrons. The van der Waals surface area contributed by atoms with Crippen molar-refractivity contribution in [1.82, 2.24) is 15.2 Å². The fraction of sp³-hybridized carbons (Fsp3) is 0.571. The fourth-order valence-corrected chi connectivity index (χ4v) is 1.16. The van der Waals surface area contributed by atoms with Crippen molar-refractivity contribution in [2.24, 2.45) is 5.84 Å². The summed E-state index contributed by atoms with van der Waals surface area (Å²) in [6, 6.07) is 0.377. The normalized spacial score (nSPS) is 13.6. The minimum atomic E-state index is -2.54. The number of nitrogens with one attached hydrogen (secondary N) is 1. The molecular weight excluding hydrogens is 178 g/mol. The largest absolute Gasteiger partial charge is 0.271 e. The first-order chi connectivity index (χ1) is 6.20. The van der Waals surface area contributed by atoms with E-state index < -0.39 is 12.5 Å². The molecule has 1 unspecified atom stereocenters. The third kappa shape index (κ3) is 2.02. The third-order valence-corrected chi connectivity index (χ3v) is 1.80. The van der Waals surface area contributed by atoms with Crippen LogP contribution >= 0.6 is 0 Å². The smallest absolute Gasteiger partial charge is 0.260 e. The maximum absolute atomic E-state index is 12.4. The Hall–Kier alpha value is -1.01. The maximum atomic E-state index is 12.4. The minimum absolute atomic E-state index is 0.403. The summed E-state index contributed by atoms with van der Waals surface area (Å²) in [7, 11) is 0. The number of aromatic nitrogens is 2. The molecule has 0 aliphatic carbocycles. The lowest BCUT2D eigenvalue weighted by Gasteiger charge is -2.15. The van der Waals surface area contributed by atoms with Crippen LogP contribution in [-0.2, 0) is 6.54 Å². The summed E-state index contributed by atoms with van der Waals surface area (Å²) in [6.45, 7) is 2.38. The van der Waals surface area contributed by atoms with Crippen LogP contribution in [0.3, 0.4) is 0 Å². The van der Waals surface area contributed by atoms with E-state index in [0.29, 0.717) is 12.2 Å². The summed E-state index contributed by atoms with van der Waals surface area (Å²) < 4.78 is 26.3. The van der Waals surface area contributed by atoms with Crippen molar-refractivity contribution in [3.8, 4) is 0 Å². The molecule has 1 heterocycles. The van der Waals surface area contributed by atoms with E-state index in [4.69, 9.17) is 5.84 Å². The zero-order chi connectivity index (χ0) is 9.84. The lowest BCUT2D eigenvalue weighted by molar-refractivity contribution is 0.0944. The predicted molar refractivity (Wildman–Crippen MR) is 44.0 cm³/mol. The monoisotopic (exact) mass is 190 g/mol. The first kappa shape index (κ1) is 10.1. The van der Waals surface area contributed by atoms with Gasteiger partial charge in [0.25, 0.3) is 6.43 Å². The summed E-state index contributed by atoms with van der Waals surface area (Å²) in [5.74, 6) is 5.02. The third-order valence-electron chi connectivity index (χ3n) is 1.80. The van der Waals surface area contributed by atoms with E-state index in [1.54, 1.807) is 0 Å². The molecule has 1 atom stereocenters. The van der Waals surface area contributed by atoms with Gasteiger partial charge in [0.1, 0.15) is 6.04 Å². The number of nitrogens with two attached hydrogens (primary N) is 1. The first-order valence-corrected chi connectivity index (χ1v) is 3.96. The molecule has 0 amide bonds. The highest BCUT2D eigenvalue weighted by Crippen LogP contribution is 2.18. The van der Waals surface area contributed by atoms with E-state index in [0.717, 1.165) is 0 Å². The van der Waals surface area contributed by atoms with Gasteiger partial charge in [-0.15, -0.1) is 0 Å². The number of halogens is 2. The summed E-state index contributed by atoms with van der Waals surface area (Å²) in [5.41, 5.74) is 2.47. The summed E-state index contributed by atoms with van der Waals surface area (Å²) in [4.78, 5) is 0. The number of rotatable bonds is 4.